The summed E-state index contributed by atoms with van der Waals surface area (Å²) >= 11 is 6.02. The van der Waals surface area contributed by atoms with E-state index in [-0.39, 0.29) is 21.3 Å². The third kappa shape index (κ3) is 2.25. The van der Waals surface area contributed by atoms with Crippen LogP contribution in [0.4, 0.5) is 8.78 Å². The van der Waals surface area contributed by atoms with E-state index in [0.29, 0.717) is 5.69 Å². The van der Waals surface area contributed by atoms with Gasteiger partial charge in [0.15, 0.2) is 0 Å². The van der Waals surface area contributed by atoms with Crippen molar-refractivity contribution in [2.75, 3.05) is 0 Å². The Labute approximate surface area is 103 Å². The molecule has 0 saturated heterocycles. The molecule has 0 bridgehead atoms. The van der Waals surface area contributed by atoms with Gasteiger partial charge in [0.1, 0.15) is 11.6 Å². The fraction of sp³-hybridized carbons (Fsp3) is 0.308. The summed E-state index contributed by atoms with van der Waals surface area (Å²) in [5.41, 5.74) is 0.737. The molecule has 2 aromatic rings. The molecule has 17 heavy (non-hydrogen) atoms. The van der Waals surface area contributed by atoms with Gasteiger partial charge in [-0.1, -0.05) is 32.4 Å². The summed E-state index contributed by atoms with van der Waals surface area (Å²) < 4.78 is 26.7. The lowest BCUT2D eigenvalue weighted by molar-refractivity contribution is 0.569. The van der Waals surface area contributed by atoms with Crippen molar-refractivity contribution in [1.82, 2.24) is 4.98 Å². The van der Waals surface area contributed by atoms with E-state index in [2.05, 4.69) is 4.98 Å². The topological polar surface area (TPSA) is 12.9 Å². The van der Waals surface area contributed by atoms with Crippen molar-refractivity contribution in [3.8, 4) is 0 Å². The minimum Gasteiger partial charge on any atom is -0.252 e. The Balaban J connectivity index is 2.82. The first-order valence-corrected chi connectivity index (χ1v) is 5.62. The second-order valence-corrected chi connectivity index (χ2v) is 5.43. The number of nitrogens with zero attached hydrogens (tertiary/aromatic N) is 1. The highest BCUT2D eigenvalue weighted by atomic mass is 35.5. The maximum Gasteiger partial charge on any atom is 0.137 e. The lowest BCUT2D eigenvalue weighted by Crippen LogP contribution is -2.13. The Bertz CT molecular complexity index is 588. The zero-order valence-electron chi connectivity index (χ0n) is 9.81. The van der Waals surface area contributed by atoms with E-state index in [9.17, 15) is 8.78 Å². The first-order valence-electron chi connectivity index (χ1n) is 5.25. The Kier molecular flexibility index (Phi) is 2.82. The van der Waals surface area contributed by atoms with Crippen LogP contribution >= 0.6 is 11.6 Å². The molecule has 0 radical (unpaired) electrons. The SMILES string of the molecule is CC(C)(C)c1cc(Cl)c2c(F)cc(F)cc2n1. The van der Waals surface area contributed by atoms with Gasteiger partial charge in [0, 0.05) is 23.2 Å². The second kappa shape index (κ2) is 3.91. The van der Waals surface area contributed by atoms with Crippen molar-refractivity contribution in [2.45, 2.75) is 26.2 Å². The van der Waals surface area contributed by atoms with E-state index < -0.39 is 11.6 Å². The zero-order chi connectivity index (χ0) is 12.8. The van der Waals surface area contributed by atoms with Crippen LogP contribution in [0.25, 0.3) is 10.9 Å². The highest BCUT2D eigenvalue weighted by molar-refractivity contribution is 6.35. The van der Waals surface area contributed by atoms with Gasteiger partial charge in [-0.05, 0) is 6.07 Å². The smallest absolute Gasteiger partial charge is 0.137 e. The number of pyridine rings is 1. The van der Waals surface area contributed by atoms with E-state index in [4.69, 9.17) is 11.6 Å². The van der Waals surface area contributed by atoms with E-state index in [1.54, 1.807) is 6.07 Å². The third-order valence-corrected chi connectivity index (χ3v) is 2.84. The Morgan fingerprint density at radius 2 is 1.76 bits per heavy atom. The van der Waals surface area contributed by atoms with Gasteiger partial charge in [-0.25, -0.2) is 8.78 Å². The first-order chi connectivity index (χ1) is 7.79. The number of benzene rings is 1. The second-order valence-electron chi connectivity index (χ2n) is 5.02. The number of rotatable bonds is 0. The molecule has 0 fully saturated rings. The van der Waals surface area contributed by atoms with Gasteiger partial charge in [-0.15, -0.1) is 0 Å². The lowest BCUT2D eigenvalue weighted by Gasteiger charge is -2.18. The molecule has 0 saturated carbocycles. The highest BCUT2D eigenvalue weighted by Gasteiger charge is 2.19. The number of halogens is 3. The van der Waals surface area contributed by atoms with Crippen LogP contribution in [0.5, 0.6) is 0 Å². The molecule has 0 N–H and O–H groups in total. The van der Waals surface area contributed by atoms with Crippen LogP contribution in [0.1, 0.15) is 26.5 Å². The molecule has 1 aromatic heterocycles. The van der Waals surface area contributed by atoms with Gasteiger partial charge >= 0.3 is 0 Å². The standard InChI is InChI=1S/C13H12ClF2N/c1-13(2,3)11-6-8(14)12-9(16)4-7(15)5-10(12)17-11/h4-6H,1-3H3. The van der Waals surface area contributed by atoms with Crippen LogP contribution in [-0.2, 0) is 5.41 Å². The van der Waals surface area contributed by atoms with E-state index in [1.165, 1.54) is 6.07 Å². The summed E-state index contributed by atoms with van der Waals surface area (Å²) in [5.74, 6) is -1.33. The number of hydrogen-bond acceptors (Lipinski definition) is 1. The molecule has 0 aliphatic heterocycles. The summed E-state index contributed by atoms with van der Waals surface area (Å²) in [5, 5.41) is 0.429. The van der Waals surface area contributed by atoms with Crippen molar-refractivity contribution in [2.24, 2.45) is 0 Å². The average Bonchev–Trinajstić information content (AvgIpc) is 2.13. The molecule has 0 amide bonds. The van der Waals surface area contributed by atoms with Gasteiger partial charge in [0.05, 0.1) is 15.9 Å². The van der Waals surface area contributed by atoms with Crippen molar-refractivity contribution in [3.05, 3.63) is 40.6 Å². The van der Waals surface area contributed by atoms with Crippen LogP contribution in [0.3, 0.4) is 0 Å². The van der Waals surface area contributed by atoms with Crippen molar-refractivity contribution < 1.29 is 8.78 Å². The maximum absolute atomic E-state index is 13.6. The predicted octanol–water partition coefficient (Wildman–Crippen LogP) is 4.46. The Morgan fingerprint density at radius 1 is 1.12 bits per heavy atom. The fourth-order valence-corrected chi connectivity index (χ4v) is 1.91. The summed E-state index contributed by atoms with van der Waals surface area (Å²) in [4.78, 5) is 4.26. The molecule has 0 unspecified atom stereocenters. The summed E-state index contributed by atoms with van der Waals surface area (Å²) in [6.45, 7) is 5.90. The van der Waals surface area contributed by atoms with Crippen LogP contribution in [0.2, 0.25) is 5.02 Å². The largest absolute Gasteiger partial charge is 0.252 e. The molecule has 90 valence electrons. The van der Waals surface area contributed by atoms with E-state index in [1.807, 2.05) is 20.8 Å². The first kappa shape index (κ1) is 12.2. The number of aromatic nitrogens is 1. The van der Waals surface area contributed by atoms with Crippen LogP contribution in [0, 0.1) is 11.6 Å². The quantitative estimate of drug-likeness (QED) is 0.677. The molecule has 1 nitrogen and oxygen atoms in total. The number of fused-ring (bicyclic) bond motifs is 1. The predicted molar refractivity (Wildman–Crippen MR) is 65.4 cm³/mol. The monoisotopic (exact) mass is 255 g/mol. The normalized spacial score (nSPS) is 12.1. The summed E-state index contributed by atoms with van der Waals surface area (Å²) in [6.07, 6.45) is 0. The number of hydrogen-bond donors (Lipinski definition) is 0. The zero-order valence-corrected chi connectivity index (χ0v) is 10.6. The molecule has 0 spiro atoms. The molecule has 2 rings (SSSR count). The molecular formula is C13H12ClF2N. The lowest BCUT2D eigenvalue weighted by atomic mass is 9.91. The molecule has 0 aliphatic carbocycles. The van der Waals surface area contributed by atoms with Gasteiger partial charge in [0.25, 0.3) is 0 Å². The van der Waals surface area contributed by atoms with Gasteiger partial charge < -0.3 is 0 Å². The van der Waals surface area contributed by atoms with Gasteiger partial charge in [0.2, 0.25) is 0 Å². The summed E-state index contributed by atoms with van der Waals surface area (Å²) in [7, 11) is 0. The molecule has 1 aromatic carbocycles. The Morgan fingerprint density at radius 3 is 2.35 bits per heavy atom. The fourth-order valence-electron chi connectivity index (χ4n) is 1.62. The van der Waals surface area contributed by atoms with Crippen molar-refractivity contribution in [3.63, 3.8) is 0 Å². The highest BCUT2D eigenvalue weighted by Crippen LogP contribution is 2.30. The summed E-state index contributed by atoms with van der Waals surface area (Å²) in [6, 6.07) is 3.64. The van der Waals surface area contributed by atoms with E-state index >= 15 is 0 Å². The average molecular weight is 256 g/mol. The van der Waals surface area contributed by atoms with Crippen LogP contribution in [-0.4, -0.2) is 4.98 Å². The molecule has 0 aliphatic rings. The third-order valence-electron chi connectivity index (χ3n) is 2.55. The van der Waals surface area contributed by atoms with Crippen LogP contribution in [0.15, 0.2) is 18.2 Å². The van der Waals surface area contributed by atoms with Crippen molar-refractivity contribution in [1.29, 1.82) is 0 Å². The maximum atomic E-state index is 13.6. The Hall–Kier alpha value is -1.22. The van der Waals surface area contributed by atoms with Gasteiger partial charge in [-0.2, -0.15) is 0 Å². The van der Waals surface area contributed by atoms with Crippen molar-refractivity contribution >= 4 is 22.5 Å². The molecule has 1 heterocycles. The molecule has 4 heteroatoms. The van der Waals surface area contributed by atoms with Crippen LogP contribution < -0.4 is 0 Å². The van der Waals surface area contributed by atoms with Gasteiger partial charge in [-0.3, -0.25) is 4.98 Å². The molecule has 0 atom stereocenters. The minimum absolute atomic E-state index is 0.168. The molecular weight excluding hydrogens is 244 g/mol. The minimum atomic E-state index is -0.682. The van der Waals surface area contributed by atoms with E-state index in [0.717, 1.165) is 6.07 Å².